The zero-order chi connectivity index (χ0) is 18.2. The highest BCUT2D eigenvalue weighted by atomic mass is 79.9. The molecule has 0 N–H and O–H groups in total. The van der Waals surface area contributed by atoms with Crippen LogP contribution in [0.1, 0.15) is 11.1 Å². The van der Waals surface area contributed by atoms with Crippen LogP contribution in [0.25, 0.3) is 0 Å². The molecule has 0 spiro atoms. The van der Waals surface area contributed by atoms with Crippen LogP contribution in [0.5, 0.6) is 0 Å². The number of halogens is 2. The molecule has 0 bridgehead atoms. The van der Waals surface area contributed by atoms with Gasteiger partial charge in [-0.1, -0.05) is 0 Å². The first-order chi connectivity index (χ1) is 11.8. The first kappa shape index (κ1) is 18.4. The number of sulfonamides is 1. The predicted octanol–water partition coefficient (Wildman–Crippen LogP) is 3.72. The molecule has 134 valence electrons. The van der Waals surface area contributed by atoms with Crippen LogP contribution in [-0.4, -0.2) is 38.9 Å². The topological polar surface area (TPSA) is 40.6 Å². The lowest BCUT2D eigenvalue weighted by atomic mass is 10.1. The monoisotopic (exact) mass is 426 g/mol. The number of rotatable bonds is 3. The van der Waals surface area contributed by atoms with E-state index in [0.717, 1.165) is 16.8 Å². The molecule has 0 radical (unpaired) electrons. The number of hydrogen-bond acceptors (Lipinski definition) is 3. The van der Waals surface area contributed by atoms with Crippen LogP contribution in [0.2, 0.25) is 0 Å². The van der Waals surface area contributed by atoms with Crippen molar-refractivity contribution < 1.29 is 12.8 Å². The van der Waals surface area contributed by atoms with Crippen LogP contribution in [0.4, 0.5) is 10.1 Å². The van der Waals surface area contributed by atoms with Gasteiger partial charge in [0.2, 0.25) is 10.0 Å². The minimum absolute atomic E-state index is 0.274. The summed E-state index contributed by atoms with van der Waals surface area (Å²) in [6.45, 7) is 5.82. The summed E-state index contributed by atoms with van der Waals surface area (Å²) in [6, 6.07) is 9.85. The molecule has 0 aromatic heterocycles. The van der Waals surface area contributed by atoms with Crippen molar-refractivity contribution in [2.24, 2.45) is 0 Å². The molecule has 1 aliphatic rings. The number of aryl methyl sites for hydroxylation is 2. The maximum atomic E-state index is 13.0. The quantitative estimate of drug-likeness (QED) is 0.750. The summed E-state index contributed by atoms with van der Waals surface area (Å²) in [7, 11) is -3.54. The number of hydrogen-bond donors (Lipinski definition) is 0. The van der Waals surface area contributed by atoms with Gasteiger partial charge in [0, 0.05) is 36.3 Å². The third kappa shape index (κ3) is 3.73. The zero-order valence-electron chi connectivity index (χ0n) is 14.2. The standard InChI is InChI=1S/C18H20BrFN2O2S/c1-13-11-17(19)18(12-14(13)2)25(23,24)22-9-7-21(8-10-22)16-5-3-15(20)4-6-16/h3-6,11-12H,7-10H2,1-2H3. The van der Waals surface area contributed by atoms with Crippen LogP contribution in [0, 0.1) is 19.7 Å². The van der Waals surface area contributed by atoms with Crippen molar-refractivity contribution in [3.8, 4) is 0 Å². The zero-order valence-corrected chi connectivity index (χ0v) is 16.6. The summed E-state index contributed by atoms with van der Waals surface area (Å²) in [5.41, 5.74) is 2.91. The molecule has 1 aliphatic heterocycles. The second-order valence-corrected chi connectivity index (χ2v) is 9.00. The summed E-state index contributed by atoms with van der Waals surface area (Å²) < 4.78 is 41.1. The molecule has 0 saturated carbocycles. The highest BCUT2D eigenvalue weighted by Gasteiger charge is 2.30. The van der Waals surface area contributed by atoms with Crippen molar-refractivity contribution in [1.82, 2.24) is 4.31 Å². The van der Waals surface area contributed by atoms with E-state index in [1.54, 1.807) is 18.2 Å². The van der Waals surface area contributed by atoms with Gasteiger partial charge >= 0.3 is 0 Å². The number of benzene rings is 2. The third-order valence-electron chi connectivity index (χ3n) is 4.60. The van der Waals surface area contributed by atoms with Gasteiger partial charge in [-0.3, -0.25) is 0 Å². The van der Waals surface area contributed by atoms with Crippen LogP contribution in [0.15, 0.2) is 45.8 Å². The highest BCUT2D eigenvalue weighted by Crippen LogP contribution is 2.29. The Hall–Kier alpha value is -1.44. The lowest BCUT2D eigenvalue weighted by Gasteiger charge is -2.35. The molecule has 2 aromatic carbocycles. The van der Waals surface area contributed by atoms with E-state index < -0.39 is 10.0 Å². The van der Waals surface area contributed by atoms with Gasteiger partial charge in [0.15, 0.2) is 0 Å². The van der Waals surface area contributed by atoms with E-state index in [4.69, 9.17) is 0 Å². The molecular formula is C18H20BrFN2O2S. The molecule has 1 fully saturated rings. The van der Waals surface area contributed by atoms with Crippen molar-refractivity contribution in [3.05, 3.63) is 57.8 Å². The lowest BCUT2D eigenvalue weighted by Crippen LogP contribution is -2.48. The molecule has 2 aromatic rings. The molecule has 7 heteroatoms. The van der Waals surface area contributed by atoms with Gasteiger partial charge in [0.1, 0.15) is 5.82 Å². The van der Waals surface area contributed by atoms with E-state index in [0.29, 0.717) is 35.5 Å². The Kier molecular flexibility index (Phi) is 5.18. The molecule has 0 amide bonds. The summed E-state index contributed by atoms with van der Waals surface area (Å²) in [5.74, 6) is -0.274. The van der Waals surface area contributed by atoms with E-state index >= 15 is 0 Å². The van der Waals surface area contributed by atoms with E-state index in [1.807, 2.05) is 19.9 Å². The molecule has 1 saturated heterocycles. The van der Waals surface area contributed by atoms with Crippen LogP contribution >= 0.6 is 15.9 Å². The molecule has 3 rings (SSSR count). The Morgan fingerprint density at radius 2 is 1.52 bits per heavy atom. The summed E-state index contributed by atoms with van der Waals surface area (Å²) in [5, 5.41) is 0. The number of anilines is 1. The van der Waals surface area contributed by atoms with Crippen LogP contribution in [-0.2, 0) is 10.0 Å². The van der Waals surface area contributed by atoms with Crippen LogP contribution < -0.4 is 4.90 Å². The minimum Gasteiger partial charge on any atom is -0.369 e. The fourth-order valence-corrected chi connectivity index (χ4v) is 5.55. The van der Waals surface area contributed by atoms with Gasteiger partial charge < -0.3 is 4.90 Å². The molecule has 0 atom stereocenters. The third-order valence-corrected chi connectivity index (χ3v) is 7.45. The van der Waals surface area contributed by atoms with Gasteiger partial charge in [-0.05, 0) is 77.3 Å². The van der Waals surface area contributed by atoms with Crippen molar-refractivity contribution >= 4 is 31.6 Å². The largest absolute Gasteiger partial charge is 0.369 e. The van der Waals surface area contributed by atoms with Gasteiger partial charge in [0.05, 0.1) is 4.90 Å². The number of piperazine rings is 1. The SMILES string of the molecule is Cc1cc(Br)c(S(=O)(=O)N2CCN(c3ccc(F)cc3)CC2)cc1C. The summed E-state index contributed by atoms with van der Waals surface area (Å²) in [6.07, 6.45) is 0. The molecule has 0 unspecified atom stereocenters. The number of nitrogens with zero attached hydrogens (tertiary/aromatic N) is 2. The average Bonchev–Trinajstić information content (AvgIpc) is 2.59. The van der Waals surface area contributed by atoms with Crippen molar-refractivity contribution in [1.29, 1.82) is 0 Å². The molecule has 1 heterocycles. The van der Waals surface area contributed by atoms with E-state index in [-0.39, 0.29) is 5.82 Å². The Morgan fingerprint density at radius 3 is 2.12 bits per heavy atom. The van der Waals surface area contributed by atoms with E-state index in [9.17, 15) is 12.8 Å². The van der Waals surface area contributed by atoms with Crippen LogP contribution in [0.3, 0.4) is 0 Å². The smallest absolute Gasteiger partial charge is 0.244 e. The second-order valence-electron chi connectivity index (χ2n) is 6.23. The molecule has 4 nitrogen and oxygen atoms in total. The minimum atomic E-state index is -3.54. The van der Waals surface area contributed by atoms with E-state index in [2.05, 4.69) is 20.8 Å². The highest BCUT2D eigenvalue weighted by molar-refractivity contribution is 9.10. The first-order valence-corrected chi connectivity index (χ1v) is 10.3. The Labute approximate surface area is 156 Å². The van der Waals surface area contributed by atoms with Gasteiger partial charge in [-0.2, -0.15) is 4.31 Å². The fourth-order valence-electron chi connectivity index (χ4n) is 2.93. The normalized spacial score (nSPS) is 16.2. The summed E-state index contributed by atoms with van der Waals surface area (Å²) in [4.78, 5) is 2.38. The van der Waals surface area contributed by atoms with Crippen molar-refractivity contribution in [2.45, 2.75) is 18.7 Å². The Balaban J connectivity index is 1.78. The molecular weight excluding hydrogens is 407 g/mol. The Morgan fingerprint density at radius 1 is 0.960 bits per heavy atom. The summed E-state index contributed by atoms with van der Waals surface area (Å²) >= 11 is 3.39. The van der Waals surface area contributed by atoms with E-state index in [1.165, 1.54) is 16.4 Å². The maximum Gasteiger partial charge on any atom is 0.244 e. The Bertz CT molecular complexity index is 877. The maximum absolute atomic E-state index is 13.0. The predicted molar refractivity (Wildman–Crippen MR) is 101 cm³/mol. The van der Waals surface area contributed by atoms with Gasteiger partial charge in [0.25, 0.3) is 0 Å². The molecule has 25 heavy (non-hydrogen) atoms. The first-order valence-electron chi connectivity index (χ1n) is 8.06. The molecule has 0 aliphatic carbocycles. The fraction of sp³-hybridized carbons (Fsp3) is 0.333. The lowest BCUT2D eigenvalue weighted by molar-refractivity contribution is 0.384. The van der Waals surface area contributed by atoms with Crippen molar-refractivity contribution in [2.75, 3.05) is 31.1 Å². The van der Waals surface area contributed by atoms with Gasteiger partial charge in [-0.25, -0.2) is 12.8 Å². The van der Waals surface area contributed by atoms with Gasteiger partial charge in [-0.15, -0.1) is 0 Å². The average molecular weight is 427 g/mol. The second kappa shape index (κ2) is 7.05. The van der Waals surface area contributed by atoms with Crippen molar-refractivity contribution in [3.63, 3.8) is 0 Å².